The number of hydrogen-bond donors (Lipinski definition) is 1. The fourth-order valence-electron chi connectivity index (χ4n) is 2.43. The third-order valence-electron chi connectivity index (χ3n) is 3.71. The smallest absolute Gasteiger partial charge is 0.354 e. The number of aromatic carboxylic acids is 1. The second kappa shape index (κ2) is 7.04. The minimum atomic E-state index is -1.09. The average Bonchev–Trinajstić information content (AvgIpc) is 3.10. The van der Waals surface area contributed by atoms with Crippen molar-refractivity contribution < 1.29 is 19.4 Å². The maximum atomic E-state index is 11.1. The van der Waals surface area contributed by atoms with E-state index in [0.717, 1.165) is 11.3 Å². The molecule has 0 bridgehead atoms. The molecule has 0 fully saturated rings. The SMILES string of the molecule is COc1ccc(Cn2cc(-c3nc(C(=O)O)ccc3OC)cn2)cc1. The predicted molar refractivity (Wildman–Crippen MR) is 91.1 cm³/mol. The Kier molecular flexibility index (Phi) is 4.65. The maximum Gasteiger partial charge on any atom is 0.354 e. The topological polar surface area (TPSA) is 86.5 Å². The summed E-state index contributed by atoms with van der Waals surface area (Å²) < 4.78 is 12.2. The normalized spacial score (nSPS) is 10.5. The van der Waals surface area contributed by atoms with E-state index in [1.54, 1.807) is 30.3 Å². The Balaban J connectivity index is 1.87. The summed E-state index contributed by atoms with van der Waals surface area (Å²) in [6, 6.07) is 10.7. The zero-order valence-corrected chi connectivity index (χ0v) is 13.8. The van der Waals surface area contributed by atoms with Crippen LogP contribution in [0.5, 0.6) is 11.5 Å². The van der Waals surface area contributed by atoms with Gasteiger partial charge in [0.15, 0.2) is 0 Å². The quantitative estimate of drug-likeness (QED) is 0.743. The van der Waals surface area contributed by atoms with Gasteiger partial charge in [-0.3, -0.25) is 4.68 Å². The molecule has 3 rings (SSSR count). The minimum Gasteiger partial charge on any atom is -0.497 e. The van der Waals surface area contributed by atoms with Crippen LogP contribution in [0.1, 0.15) is 16.1 Å². The molecular formula is C18H17N3O4. The van der Waals surface area contributed by atoms with E-state index in [9.17, 15) is 4.79 Å². The Morgan fingerprint density at radius 2 is 1.88 bits per heavy atom. The van der Waals surface area contributed by atoms with Crippen LogP contribution in [0.3, 0.4) is 0 Å². The number of hydrogen-bond acceptors (Lipinski definition) is 5. The van der Waals surface area contributed by atoms with Crippen LogP contribution in [-0.2, 0) is 6.54 Å². The fraction of sp³-hybridized carbons (Fsp3) is 0.167. The van der Waals surface area contributed by atoms with E-state index in [4.69, 9.17) is 14.6 Å². The van der Waals surface area contributed by atoms with E-state index in [1.807, 2.05) is 24.3 Å². The summed E-state index contributed by atoms with van der Waals surface area (Å²) in [6.07, 6.45) is 3.45. The first kappa shape index (κ1) is 16.5. The molecule has 1 aromatic carbocycles. The van der Waals surface area contributed by atoms with Gasteiger partial charge in [0, 0.05) is 11.8 Å². The van der Waals surface area contributed by atoms with Gasteiger partial charge in [0.2, 0.25) is 0 Å². The van der Waals surface area contributed by atoms with E-state index >= 15 is 0 Å². The van der Waals surface area contributed by atoms with Gasteiger partial charge in [0.05, 0.1) is 27.0 Å². The van der Waals surface area contributed by atoms with Crippen molar-refractivity contribution in [2.24, 2.45) is 0 Å². The van der Waals surface area contributed by atoms with Crippen molar-refractivity contribution in [3.8, 4) is 22.8 Å². The molecule has 0 saturated carbocycles. The molecule has 25 heavy (non-hydrogen) atoms. The third-order valence-corrected chi connectivity index (χ3v) is 3.71. The number of nitrogens with zero attached hydrogens (tertiary/aromatic N) is 3. The van der Waals surface area contributed by atoms with Gasteiger partial charge >= 0.3 is 5.97 Å². The summed E-state index contributed by atoms with van der Waals surface area (Å²) in [7, 11) is 3.14. The number of methoxy groups -OCH3 is 2. The van der Waals surface area contributed by atoms with Gasteiger partial charge in [0.1, 0.15) is 22.9 Å². The number of carbonyl (C=O) groups is 1. The van der Waals surface area contributed by atoms with Crippen LogP contribution in [0, 0.1) is 0 Å². The lowest BCUT2D eigenvalue weighted by Crippen LogP contribution is -2.02. The van der Waals surface area contributed by atoms with Crippen molar-refractivity contribution >= 4 is 5.97 Å². The second-order valence-corrected chi connectivity index (χ2v) is 5.33. The molecule has 1 N–H and O–H groups in total. The molecule has 128 valence electrons. The highest BCUT2D eigenvalue weighted by Gasteiger charge is 2.14. The van der Waals surface area contributed by atoms with Crippen molar-refractivity contribution in [2.75, 3.05) is 14.2 Å². The highest BCUT2D eigenvalue weighted by atomic mass is 16.5. The largest absolute Gasteiger partial charge is 0.497 e. The van der Waals surface area contributed by atoms with Gasteiger partial charge in [-0.25, -0.2) is 9.78 Å². The fourth-order valence-corrected chi connectivity index (χ4v) is 2.43. The Hall–Kier alpha value is -3.35. The first-order chi connectivity index (χ1) is 12.1. The molecule has 0 aliphatic rings. The van der Waals surface area contributed by atoms with Crippen molar-refractivity contribution in [3.63, 3.8) is 0 Å². The maximum absolute atomic E-state index is 11.1. The van der Waals surface area contributed by atoms with Crippen LogP contribution < -0.4 is 9.47 Å². The molecule has 2 heterocycles. The molecule has 0 unspecified atom stereocenters. The van der Waals surface area contributed by atoms with E-state index < -0.39 is 5.97 Å². The van der Waals surface area contributed by atoms with Crippen molar-refractivity contribution in [1.82, 2.24) is 14.8 Å². The summed E-state index contributed by atoms with van der Waals surface area (Å²) in [5.41, 5.74) is 2.16. The zero-order valence-electron chi connectivity index (χ0n) is 13.8. The highest BCUT2D eigenvalue weighted by Crippen LogP contribution is 2.28. The molecular weight excluding hydrogens is 322 g/mol. The molecule has 2 aromatic heterocycles. The Labute approximate surface area is 144 Å². The standard InChI is InChI=1S/C18H17N3O4/c1-24-14-5-3-12(4-6-14)10-21-11-13(9-19-21)17-16(25-2)8-7-15(20-17)18(22)23/h3-9,11H,10H2,1-2H3,(H,22,23). The molecule has 0 spiro atoms. The lowest BCUT2D eigenvalue weighted by Gasteiger charge is -2.06. The average molecular weight is 339 g/mol. The van der Waals surface area contributed by atoms with Gasteiger partial charge in [-0.1, -0.05) is 12.1 Å². The highest BCUT2D eigenvalue weighted by molar-refractivity contribution is 5.86. The van der Waals surface area contributed by atoms with Crippen LogP contribution >= 0.6 is 0 Å². The first-order valence-corrected chi connectivity index (χ1v) is 7.55. The third kappa shape index (κ3) is 3.60. The van der Waals surface area contributed by atoms with Crippen LogP contribution in [0.25, 0.3) is 11.3 Å². The number of carboxylic acids is 1. The van der Waals surface area contributed by atoms with Crippen LogP contribution in [-0.4, -0.2) is 40.1 Å². The van der Waals surface area contributed by atoms with Gasteiger partial charge in [-0.05, 0) is 29.8 Å². The molecule has 0 aliphatic carbocycles. The van der Waals surface area contributed by atoms with Crippen molar-refractivity contribution in [2.45, 2.75) is 6.54 Å². The van der Waals surface area contributed by atoms with E-state index in [-0.39, 0.29) is 5.69 Å². The lowest BCUT2D eigenvalue weighted by atomic mass is 10.2. The molecule has 0 amide bonds. The Morgan fingerprint density at radius 3 is 2.52 bits per heavy atom. The number of benzene rings is 1. The molecule has 0 aliphatic heterocycles. The molecule has 7 heteroatoms. The van der Waals surface area contributed by atoms with Crippen molar-refractivity contribution in [1.29, 1.82) is 0 Å². The number of ether oxygens (including phenoxy) is 2. The molecule has 0 atom stereocenters. The minimum absolute atomic E-state index is 0.0429. The van der Waals surface area contributed by atoms with Crippen LogP contribution in [0.2, 0.25) is 0 Å². The number of rotatable bonds is 6. The molecule has 0 saturated heterocycles. The summed E-state index contributed by atoms with van der Waals surface area (Å²) in [5, 5.41) is 13.5. The zero-order chi connectivity index (χ0) is 17.8. The summed E-state index contributed by atoms with van der Waals surface area (Å²) >= 11 is 0. The lowest BCUT2D eigenvalue weighted by molar-refractivity contribution is 0.0690. The van der Waals surface area contributed by atoms with Crippen molar-refractivity contribution in [3.05, 3.63) is 60.0 Å². The monoisotopic (exact) mass is 339 g/mol. The van der Waals surface area contributed by atoms with Gasteiger partial charge in [-0.15, -0.1) is 0 Å². The molecule has 0 radical (unpaired) electrons. The summed E-state index contributed by atoms with van der Waals surface area (Å²) in [5.74, 6) is 0.202. The van der Waals surface area contributed by atoms with E-state index in [1.165, 1.54) is 13.2 Å². The Bertz CT molecular complexity index is 888. The van der Waals surface area contributed by atoms with Crippen LogP contribution in [0.15, 0.2) is 48.8 Å². The van der Waals surface area contributed by atoms with E-state index in [0.29, 0.717) is 23.6 Å². The van der Waals surface area contributed by atoms with Gasteiger partial charge in [0.25, 0.3) is 0 Å². The number of carboxylic acid groups (broad SMARTS) is 1. The number of pyridine rings is 1. The first-order valence-electron chi connectivity index (χ1n) is 7.55. The Morgan fingerprint density at radius 1 is 1.12 bits per heavy atom. The van der Waals surface area contributed by atoms with Gasteiger partial charge < -0.3 is 14.6 Å². The second-order valence-electron chi connectivity index (χ2n) is 5.33. The van der Waals surface area contributed by atoms with Crippen LogP contribution in [0.4, 0.5) is 0 Å². The summed E-state index contributed by atoms with van der Waals surface area (Å²) in [6.45, 7) is 0.574. The van der Waals surface area contributed by atoms with E-state index in [2.05, 4.69) is 10.1 Å². The molecule has 7 nitrogen and oxygen atoms in total. The molecule has 3 aromatic rings. The van der Waals surface area contributed by atoms with Gasteiger partial charge in [-0.2, -0.15) is 5.10 Å². The predicted octanol–water partition coefficient (Wildman–Crippen LogP) is 2.71. The summed E-state index contributed by atoms with van der Waals surface area (Å²) in [4.78, 5) is 15.3. The number of aromatic nitrogens is 3.